The Morgan fingerprint density at radius 1 is 1.32 bits per heavy atom. The summed E-state index contributed by atoms with van der Waals surface area (Å²) in [5.41, 5.74) is 1.79. The Morgan fingerprint density at radius 2 is 2.08 bits per heavy atom. The fraction of sp³-hybridized carbons (Fsp3) is 0.312. The van der Waals surface area contributed by atoms with Gasteiger partial charge in [0.1, 0.15) is 6.33 Å². The fourth-order valence-electron chi connectivity index (χ4n) is 2.27. The van der Waals surface area contributed by atoms with Gasteiger partial charge in [0.2, 0.25) is 11.6 Å². The number of nitro groups is 1. The summed E-state index contributed by atoms with van der Waals surface area (Å²) in [5, 5.41) is 18.1. The van der Waals surface area contributed by atoms with Crippen LogP contribution >= 0.6 is 11.3 Å². The van der Waals surface area contributed by atoms with E-state index in [-0.39, 0.29) is 23.4 Å². The molecule has 9 heteroatoms. The van der Waals surface area contributed by atoms with Crippen molar-refractivity contribution in [1.82, 2.24) is 15.0 Å². The van der Waals surface area contributed by atoms with E-state index in [0.717, 1.165) is 22.2 Å². The van der Waals surface area contributed by atoms with E-state index in [2.05, 4.69) is 25.6 Å². The normalized spacial score (nSPS) is 12.1. The summed E-state index contributed by atoms with van der Waals surface area (Å²) in [4.78, 5) is 23.6. The molecule has 1 aromatic carbocycles. The van der Waals surface area contributed by atoms with Gasteiger partial charge in [-0.1, -0.05) is 24.3 Å². The van der Waals surface area contributed by atoms with E-state index in [0.29, 0.717) is 5.13 Å². The number of nitrogens with zero attached hydrogens (tertiary/aromatic N) is 4. The lowest BCUT2D eigenvalue weighted by molar-refractivity contribution is -0.383. The molecule has 0 saturated heterocycles. The third kappa shape index (κ3) is 3.66. The molecule has 1 unspecified atom stereocenters. The first-order valence-corrected chi connectivity index (χ1v) is 8.69. The maximum Gasteiger partial charge on any atom is 0.353 e. The topological polar surface area (TPSA) is 106 Å². The Bertz CT molecular complexity index is 926. The van der Waals surface area contributed by atoms with Gasteiger partial charge in [0, 0.05) is 6.04 Å². The van der Waals surface area contributed by atoms with Crippen molar-refractivity contribution in [3.8, 4) is 0 Å². The molecule has 0 aliphatic carbocycles. The highest BCUT2D eigenvalue weighted by Gasteiger charge is 2.24. The van der Waals surface area contributed by atoms with Gasteiger partial charge >= 0.3 is 5.69 Å². The van der Waals surface area contributed by atoms with Gasteiger partial charge in [0.15, 0.2) is 5.13 Å². The zero-order valence-corrected chi connectivity index (χ0v) is 14.9. The molecule has 0 amide bonds. The Morgan fingerprint density at radius 3 is 2.80 bits per heavy atom. The standard InChI is InChI=1S/C16H18N6O2S/c1-4-10(3)19-14-13(22(23)24)15(18-8-17-14)21-16-20-11-6-5-9(2)7-12(11)25-16/h5-8,10H,4H2,1-3H3,(H2,17,18,19,20,21). The first kappa shape index (κ1) is 17.0. The summed E-state index contributed by atoms with van der Waals surface area (Å²) in [6.07, 6.45) is 2.12. The molecule has 2 aromatic heterocycles. The molecule has 0 radical (unpaired) electrons. The summed E-state index contributed by atoms with van der Waals surface area (Å²) in [7, 11) is 0. The number of fused-ring (bicyclic) bond motifs is 1. The number of aryl methyl sites for hydroxylation is 1. The van der Waals surface area contributed by atoms with Crippen molar-refractivity contribution >= 4 is 44.0 Å². The fourth-order valence-corrected chi connectivity index (χ4v) is 3.23. The van der Waals surface area contributed by atoms with Crippen LogP contribution in [0.3, 0.4) is 0 Å². The highest BCUT2D eigenvalue weighted by Crippen LogP contribution is 2.34. The van der Waals surface area contributed by atoms with E-state index in [9.17, 15) is 10.1 Å². The molecule has 0 spiro atoms. The van der Waals surface area contributed by atoms with E-state index in [1.54, 1.807) is 0 Å². The van der Waals surface area contributed by atoms with Crippen LogP contribution in [-0.4, -0.2) is 25.9 Å². The number of thiazole rings is 1. The molecule has 1 atom stereocenters. The second-order valence-corrected chi connectivity index (χ2v) is 6.78. The molecule has 2 N–H and O–H groups in total. The molecule has 8 nitrogen and oxygen atoms in total. The van der Waals surface area contributed by atoms with Crippen LogP contribution in [-0.2, 0) is 0 Å². The molecule has 0 bridgehead atoms. The number of aromatic nitrogens is 3. The lowest BCUT2D eigenvalue weighted by atomic mass is 10.2. The van der Waals surface area contributed by atoms with Gasteiger partial charge in [-0.05, 0) is 38.0 Å². The zero-order valence-electron chi connectivity index (χ0n) is 14.1. The number of nitrogens with one attached hydrogen (secondary N) is 2. The maximum absolute atomic E-state index is 11.5. The van der Waals surface area contributed by atoms with Gasteiger partial charge < -0.3 is 10.6 Å². The smallest absolute Gasteiger partial charge is 0.353 e. The largest absolute Gasteiger partial charge is 0.362 e. The molecule has 0 saturated carbocycles. The van der Waals surface area contributed by atoms with Crippen molar-refractivity contribution in [3.05, 3.63) is 40.2 Å². The van der Waals surface area contributed by atoms with E-state index < -0.39 is 4.92 Å². The monoisotopic (exact) mass is 358 g/mol. The SMILES string of the molecule is CCC(C)Nc1ncnc(Nc2nc3ccc(C)cc3s2)c1[N+](=O)[O-]. The summed E-state index contributed by atoms with van der Waals surface area (Å²) in [6, 6.07) is 6.00. The minimum absolute atomic E-state index is 0.0619. The quantitative estimate of drug-likeness (QED) is 0.501. The lowest BCUT2D eigenvalue weighted by Crippen LogP contribution is -2.16. The second kappa shape index (κ2) is 6.98. The van der Waals surface area contributed by atoms with Crippen LogP contribution in [0.15, 0.2) is 24.5 Å². The van der Waals surface area contributed by atoms with Gasteiger partial charge in [-0.2, -0.15) is 0 Å². The van der Waals surface area contributed by atoms with Crippen LogP contribution in [0, 0.1) is 17.0 Å². The molecule has 0 aliphatic heterocycles. The van der Waals surface area contributed by atoms with Crippen LogP contribution in [0.25, 0.3) is 10.2 Å². The lowest BCUT2D eigenvalue weighted by Gasteiger charge is -2.13. The van der Waals surface area contributed by atoms with Crippen molar-refractivity contribution in [3.63, 3.8) is 0 Å². The predicted molar refractivity (Wildman–Crippen MR) is 99.7 cm³/mol. The van der Waals surface area contributed by atoms with Crippen molar-refractivity contribution in [2.75, 3.05) is 10.6 Å². The van der Waals surface area contributed by atoms with E-state index in [1.807, 2.05) is 39.0 Å². The highest BCUT2D eigenvalue weighted by molar-refractivity contribution is 7.22. The first-order chi connectivity index (χ1) is 12.0. The Hall–Kier alpha value is -2.81. The summed E-state index contributed by atoms with van der Waals surface area (Å²) in [5.74, 6) is 0.329. The third-order valence-corrected chi connectivity index (χ3v) is 4.70. The van der Waals surface area contributed by atoms with Crippen molar-refractivity contribution < 1.29 is 4.92 Å². The predicted octanol–water partition coefficient (Wildman–Crippen LogP) is 4.26. The van der Waals surface area contributed by atoms with Gasteiger partial charge in [0.05, 0.1) is 15.1 Å². The molecular weight excluding hydrogens is 340 g/mol. The van der Waals surface area contributed by atoms with Gasteiger partial charge in [-0.3, -0.25) is 10.1 Å². The maximum atomic E-state index is 11.5. The molecule has 0 aliphatic rings. The molecule has 3 aromatic rings. The highest BCUT2D eigenvalue weighted by atomic mass is 32.1. The van der Waals surface area contributed by atoms with Crippen LogP contribution in [0.5, 0.6) is 0 Å². The van der Waals surface area contributed by atoms with Crippen LogP contribution in [0.1, 0.15) is 25.8 Å². The average Bonchev–Trinajstić information content (AvgIpc) is 2.95. The zero-order chi connectivity index (χ0) is 18.0. The van der Waals surface area contributed by atoms with Gasteiger partial charge in [-0.25, -0.2) is 15.0 Å². The Balaban J connectivity index is 1.97. The molecule has 130 valence electrons. The summed E-state index contributed by atoms with van der Waals surface area (Å²) >= 11 is 1.43. The summed E-state index contributed by atoms with van der Waals surface area (Å²) < 4.78 is 1.01. The van der Waals surface area contributed by atoms with Crippen molar-refractivity contribution in [2.24, 2.45) is 0 Å². The third-order valence-electron chi connectivity index (χ3n) is 3.77. The van der Waals surface area contributed by atoms with Gasteiger partial charge in [-0.15, -0.1) is 0 Å². The van der Waals surface area contributed by atoms with Crippen molar-refractivity contribution in [1.29, 1.82) is 0 Å². The Kier molecular flexibility index (Phi) is 4.75. The number of hydrogen-bond acceptors (Lipinski definition) is 8. The van der Waals surface area contributed by atoms with Gasteiger partial charge in [0.25, 0.3) is 0 Å². The summed E-state index contributed by atoms with van der Waals surface area (Å²) in [6.45, 7) is 5.94. The van der Waals surface area contributed by atoms with Crippen LogP contribution in [0.4, 0.5) is 22.5 Å². The number of benzene rings is 1. The van der Waals surface area contributed by atoms with Crippen molar-refractivity contribution in [2.45, 2.75) is 33.2 Å². The first-order valence-electron chi connectivity index (χ1n) is 7.88. The molecular formula is C16H18N6O2S. The van der Waals surface area contributed by atoms with E-state index >= 15 is 0 Å². The second-order valence-electron chi connectivity index (χ2n) is 5.75. The number of hydrogen-bond donors (Lipinski definition) is 2. The molecule has 25 heavy (non-hydrogen) atoms. The van der Waals surface area contributed by atoms with Crippen LogP contribution in [0.2, 0.25) is 0 Å². The minimum atomic E-state index is -0.482. The molecule has 2 heterocycles. The van der Waals surface area contributed by atoms with E-state index in [1.165, 1.54) is 17.7 Å². The minimum Gasteiger partial charge on any atom is -0.362 e. The average molecular weight is 358 g/mol. The number of rotatable bonds is 6. The molecule has 0 fully saturated rings. The van der Waals surface area contributed by atoms with E-state index in [4.69, 9.17) is 0 Å². The molecule has 3 rings (SSSR count). The Labute approximate surface area is 148 Å². The number of anilines is 3. The van der Waals surface area contributed by atoms with Crippen LogP contribution < -0.4 is 10.6 Å².